The van der Waals surface area contributed by atoms with E-state index in [0.29, 0.717) is 17.0 Å². The maximum atomic E-state index is 13.0. The highest BCUT2D eigenvalue weighted by atomic mass is 16.5. The van der Waals surface area contributed by atoms with Gasteiger partial charge in [-0.1, -0.05) is 66.7 Å². The van der Waals surface area contributed by atoms with Gasteiger partial charge in [0.2, 0.25) is 6.10 Å². The summed E-state index contributed by atoms with van der Waals surface area (Å²) in [5.41, 5.74) is 2.91. The van der Waals surface area contributed by atoms with Gasteiger partial charge in [-0.25, -0.2) is 4.79 Å². The number of esters is 1. The Kier molecular flexibility index (Phi) is 7.00. The molecule has 0 aliphatic carbocycles. The predicted molar refractivity (Wildman–Crippen MR) is 117 cm³/mol. The monoisotopic (exact) mass is 401 g/mol. The third-order valence-corrected chi connectivity index (χ3v) is 4.40. The molecule has 0 radical (unpaired) electrons. The van der Waals surface area contributed by atoms with E-state index in [4.69, 9.17) is 9.47 Å². The number of aryl methyl sites for hydroxylation is 1. The Morgan fingerprint density at radius 3 is 2.27 bits per heavy atom. The van der Waals surface area contributed by atoms with Gasteiger partial charge in [0.1, 0.15) is 5.75 Å². The van der Waals surface area contributed by atoms with Crippen LogP contribution in [0.1, 0.15) is 22.8 Å². The van der Waals surface area contributed by atoms with Crippen molar-refractivity contribution in [2.24, 2.45) is 0 Å². The second-order valence-corrected chi connectivity index (χ2v) is 6.66. The van der Waals surface area contributed by atoms with Gasteiger partial charge in [-0.15, -0.1) is 0 Å². The van der Waals surface area contributed by atoms with Crippen molar-refractivity contribution in [3.63, 3.8) is 0 Å². The van der Waals surface area contributed by atoms with E-state index in [2.05, 4.69) is 5.32 Å². The third-order valence-electron chi connectivity index (χ3n) is 4.40. The number of benzene rings is 3. The quantitative estimate of drug-likeness (QED) is 0.450. The zero-order valence-corrected chi connectivity index (χ0v) is 16.9. The molecule has 30 heavy (non-hydrogen) atoms. The molecule has 0 aliphatic rings. The fraction of sp³-hybridized carbons (Fsp3) is 0.120. The highest BCUT2D eigenvalue weighted by Gasteiger charge is 2.25. The van der Waals surface area contributed by atoms with E-state index in [0.717, 1.165) is 11.1 Å². The van der Waals surface area contributed by atoms with Crippen LogP contribution < -0.4 is 10.1 Å². The summed E-state index contributed by atoms with van der Waals surface area (Å²) in [7, 11) is 1.53. The van der Waals surface area contributed by atoms with Crippen LogP contribution in [0.5, 0.6) is 5.75 Å². The number of hydrogen-bond donors (Lipinski definition) is 1. The molecule has 0 saturated carbocycles. The molecule has 3 aromatic rings. The maximum absolute atomic E-state index is 13.0. The van der Waals surface area contributed by atoms with E-state index in [1.54, 1.807) is 42.5 Å². The second-order valence-electron chi connectivity index (χ2n) is 6.66. The largest absolute Gasteiger partial charge is 0.495 e. The molecule has 1 unspecified atom stereocenters. The van der Waals surface area contributed by atoms with Crippen LogP contribution in [-0.4, -0.2) is 19.0 Å². The fourth-order valence-electron chi connectivity index (χ4n) is 2.90. The van der Waals surface area contributed by atoms with Gasteiger partial charge in [-0.2, -0.15) is 0 Å². The molecule has 5 heteroatoms. The Morgan fingerprint density at radius 1 is 0.933 bits per heavy atom. The smallest absolute Gasteiger partial charge is 0.331 e. The number of anilines is 1. The summed E-state index contributed by atoms with van der Waals surface area (Å²) in [5.74, 6) is -0.554. The minimum absolute atomic E-state index is 0.466. The van der Waals surface area contributed by atoms with Gasteiger partial charge in [0.05, 0.1) is 12.8 Å². The zero-order valence-electron chi connectivity index (χ0n) is 16.9. The van der Waals surface area contributed by atoms with Crippen LogP contribution >= 0.6 is 0 Å². The van der Waals surface area contributed by atoms with E-state index in [9.17, 15) is 9.59 Å². The molecule has 152 valence electrons. The lowest BCUT2D eigenvalue weighted by atomic mass is 10.1. The molecule has 3 rings (SSSR count). The topological polar surface area (TPSA) is 64.6 Å². The number of hydrogen-bond acceptors (Lipinski definition) is 4. The van der Waals surface area contributed by atoms with Crippen molar-refractivity contribution in [1.82, 2.24) is 0 Å². The zero-order chi connectivity index (χ0) is 21.3. The van der Waals surface area contributed by atoms with Crippen molar-refractivity contribution >= 4 is 23.6 Å². The van der Waals surface area contributed by atoms with E-state index >= 15 is 0 Å². The summed E-state index contributed by atoms with van der Waals surface area (Å²) >= 11 is 0. The van der Waals surface area contributed by atoms with Gasteiger partial charge in [0.15, 0.2) is 0 Å². The molecule has 0 aromatic heterocycles. The average Bonchev–Trinajstić information content (AvgIpc) is 2.77. The van der Waals surface area contributed by atoms with Crippen LogP contribution in [0, 0.1) is 6.92 Å². The number of amides is 1. The molecular formula is C25H23NO4. The van der Waals surface area contributed by atoms with Crippen molar-refractivity contribution in [3.8, 4) is 5.75 Å². The number of rotatable bonds is 7. The van der Waals surface area contributed by atoms with Crippen LogP contribution in [-0.2, 0) is 14.3 Å². The van der Waals surface area contributed by atoms with Gasteiger partial charge in [0.25, 0.3) is 5.91 Å². The van der Waals surface area contributed by atoms with E-state index in [1.807, 2.05) is 49.4 Å². The van der Waals surface area contributed by atoms with Crippen molar-refractivity contribution in [2.45, 2.75) is 13.0 Å². The van der Waals surface area contributed by atoms with E-state index < -0.39 is 18.0 Å². The number of nitrogens with one attached hydrogen (secondary N) is 1. The van der Waals surface area contributed by atoms with Gasteiger partial charge in [-0.05, 0) is 36.3 Å². The Morgan fingerprint density at radius 2 is 1.60 bits per heavy atom. The summed E-state index contributed by atoms with van der Waals surface area (Å²) < 4.78 is 10.8. The van der Waals surface area contributed by atoms with Crippen LogP contribution in [0.3, 0.4) is 0 Å². The van der Waals surface area contributed by atoms with Crippen molar-refractivity contribution < 1.29 is 19.1 Å². The third kappa shape index (κ3) is 5.58. The molecule has 0 aliphatic heterocycles. The summed E-state index contributed by atoms with van der Waals surface area (Å²) in [4.78, 5) is 25.5. The molecule has 0 bridgehead atoms. The fourth-order valence-corrected chi connectivity index (χ4v) is 2.90. The van der Waals surface area contributed by atoms with Crippen molar-refractivity contribution in [1.29, 1.82) is 0 Å². The lowest BCUT2D eigenvalue weighted by Crippen LogP contribution is -2.25. The average molecular weight is 401 g/mol. The minimum Gasteiger partial charge on any atom is -0.495 e. The first-order valence-electron chi connectivity index (χ1n) is 9.51. The summed E-state index contributed by atoms with van der Waals surface area (Å²) in [6.45, 7) is 1.91. The number of carbonyl (C=O) groups is 2. The first-order valence-corrected chi connectivity index (χ1v) is 9.51. The molecule has 0 heterocycles. The highest BCUT2D eigenvalue weighted by Crippen LogP contribution is 2.27. The molecule has 1 amide bonds. The molecular weight excluding hydrogens is 378 g/mol. The van der Waals surface area contributed by atoms with Crippen LogP contribution in [0.15, 0.2) is 84.9 Å². The molecule has 0 saturated heterocycles. The molecule has 5 nitrogen and oxygen atoms in total. The van der Waals surface area contributed by atoms with Gasteiger partial charge >= 0.3 is 5.97 Å². The lowest BCUT2D eigenvalue weighted by Gasteiger charge is -2.18. The van der Waals surface area contributed by atoms with Crippen molar-refractivity contribution in [2.75, 3.05) is 12.4 Å². The Balaban J connectivity index is 1.81. The van der Waals surface area contributed by atoms with E-state index in [-0.39, 0.29) is 0 Å². The van der Waals surface area contributed by atoms with Crippen LogP contribution in [0.2, 0.25) is 0 Å². The molecule has 1 atom stereocenters. The predicted octanol–water partition coefficient (Wildman–Crippen LogP) is 4.94. The summed E-state index contributed by atoms with van der Waals surface area (Å²) in [5, 5.41) is 2.81. The minimum atomic E-state index is -1.11. The molecule has 1 N–H and O–H groups in total. The Hall–Kier alpha value is -3.86. The normalized spacial score (nSPS) is 11.7. The lowest BCUT2D eigenvalue weighted by molar-refractivity contribution is -0.149. The molecule has 0 fully saturated rings. The van der Waals surface area contributed by atoms with Gasteiger partial charge in [0, 0.05) is 11.6 Å². The molecule has 3 aromatic carbocycles. The first kappa shape index (κ1) is 20.9. The first-order chi connectivity index (χ1) is 14.6. The molecule has 0 spiro atoms. The summed E-state index contributed by atoms with van der Waals surface area (Å²) in [6, 6.07) is 23.7. The highest BCUT2D eigenvalue weighted by molar-refractivity contribution is 5.98. The number of carbonyl (C=O) groups excluding carboxylic acids is 2. The SMILES string of the molecule is COc1ccc(C)cc1NC(=O)C(OC(=O)/C=C/c1ccccc1)c1ccccc1. The standard InChI is InChI=1S/C25H23NO4/c1-18-13-15-22(29-2)21(17-18)26-25(28)24(20-11-7-4-8-12-20)30-23(27)16-14-19-9-5-3-6-10-19/h3-17,24H,1-2H3,(H,26,28)/b16-14+. The maximum Gasteiger partial charge on any atom is 0.331 e. The van der Waals surface area contributed by atoms with Gasteiger partial charge in [-0.3, -0.25) is 4.79 Å². The Labute approximate surface area is 176 Å². The number of ether oxygens (including phenoxy) is 2. The van der Waals surface area contributed by atoms with Crippen LogP contribution in [0.25, 0.3) is 6.08 Å². The van der Waals surface area contributed by atoms with Gasteiger partial charge < -0.3 is 14.8 Å². The number of methoxy groups -OCH3 is 1. The Bertz CT molecular complexity index is 1030. The summed E-state index contributed by atoms with van der Waals surface area (Å²) in [6.07, 6.45) is 1.85. The van der Waals surface area contributed by atoms with Crippen molar-refractivity contribution in [3.05, 3.63) is 102 Å². The second kappa shape index (κ2) is 10.1. The van der Waals surface area contributed by atoms with Crippen LogP contribution in [0.4, 0.5) is 5.69 Å². The van der Waals surface area contributed by atoms with E-state index in [1.165, 1.54) is 13.2 Å².